The molecule has 1 aliphatic rings. The Morgan fingerprint density at radius 2 is 2.00 bits per heavy atom. The smallest absolute Gasteiger partial charge is 0.417 e. The van der Waals surface area contributed by atoms with Gasteiger partial charge in [0.15, 0.2) is 0 Å². The molecule has 150 valence electrons. The number of nitrogens with one attached hydrogen (secondary N) is 1. The van der Waals surface area contributed by atoms with E-state index in [0.717, 1.165) is 21.9 Å². The number of halogens is 3. The first-order valence-corrected chi connectivity index (χ1v) is 8.10. The summed E-state index contributed by atoms with van der Waals surface area (Å²) in [6.07, 6.45) is -5.69. The Hall–Kier alpha value is -3.13. The quantitative estimate of drug-likeness (QED) is 0.700. The number of alkyl halides is 3. The molecule has 2 unspecified atom stereocenters. The normalized spacial score (nSPS) is 20.3. The van der Waals surface area contributed by atoms with Crippen LogP contribution in [-0.2, 0) is 11.0 Å². The number of carbonyl (C=O) groups excluding carboxylic acids is 2. The van der Waals surface area contributed by atoms with Crippen molar-refractivity contribution in [3.8, 4) is 11.8 Å². The minimum Gasteiger partial charge on any atom is -0.491 e. The van der Waals surface area contributed by atoms with Crippen LogP contribution in [-0.4, -0.2) is 66.0 Å². The topological polar surface area (TPSA) is 108 Å². The highest BCUT2D eigenvalue weighted by atomic mass is 19.4. The van der Waals surface area contributed by atoms with Crippen LogP contribution in [0.15, 0.2) is 24.3 Å². The van der Waals surface area contributed by atoms with Crippen LogP contribution in [0.25, 0.3) is 0 Å². The molecule has 28 heavy (non-hydrogen) atoms. The third-order valence-corrected chi connectivity index (χ3v) is 4.04. The van der Waals surface area contributed by atoms with Crippen molar-refractivity contribution in [1.82, 2.24) is 9.80 Å². The van der Waals surface area contributed by atoms with Gasteiger partial charge in [-0.3, -0.25) is 9.79 Å². The molecule has 1 aromatic rings. The van der Waals surface area contributed by atoms with E-state index in [4.69, 9.17) is 4.74 Å². The van der Waals surface area contributed by atoms with Crippen molar-refractivity contribution in [2.75, 3.05) is 27.2 Å². The first-order chi connectivity index (χ1) is 13.1. The molecule has 1 aromatic carbocycles. The highest BCUT2D eigenvalue weighted by molar-refractivity contribution is 6.17. The number of amides is 3. The standard InChI is InChI=1S/C17H17F3N4O4/c1-23-14(13(7-21)15(26)24(2)16(23)27)22-8-11(25)9-28-12-5-3-4-10(6-12)17(18,19)20/h3-6,11,13,25H,8-9H2,1-2H3/p+1. The first kappa shape index (κ1) is 21.2. The van der Waals surface area contributed by atoms with E-state index in [1.54, 1.807) is 6.07 Å². The molecule has 0 saturated carbocycles. The van der Waals surface area contributed by atoms with Crippen LogP contribution >= 0.6 is 0 Å². The molecule has 1 saturated heterocycles. The molecular weight excluding hydrogens is 381 g/mol. The third-order valence-electron chi connectivity index (χ3n) is 4.04. The molecule has 1 fully saturated rings. The fourth-order valence-electron chi connectivity index (χ4n) is 2.50. The van der Waals surface area contributed by atoms with Crippen LogP contribution in [0.2, 0.25) is 0 Å². The lowest BCUT2D eigenvalue weighted by atomic mass is 10.1. The van der Waals surface area contributed by atoms with Gasteiger partial charge in [-0.15, -0.1) is 0 Å². The van der Waals surface area contributed by atoms with Crippen LogP contribution in [0.5, 0.6) is 5.75 Å². The lowest BCUT2D eigenvalue weighted by Gasteiger charge is -2.27. The largest absolute Gasteiger partial charge is 0.491 e. The Morgan fingerprint density at radius 1 is 1.32 bits per heavy atom. The van der Waals surface area contributed by atoms with Gasteiger partial charge in [0.1, 0.15) is 25.0 Å². The molecule has 1 aliphatic heterocycles. The van der Waals surface area contributed by atoms with Gasteiger partial charge in [0, 0.05) is 7.05 Å². The van der Waals surface area contributed by atoms with Gasteiger partial charge in [0.2, 0.25) is 5.92 Å². The number of imide groups is 1. The molecule has 2 N–H and O–H groups in total. The van der Waals surface area contributed by atoms with Gasteiger partial charge in [0.05, 0.1) is 18.7 Å². The average molecular weight is 399 g/mol. The van der Waals surface area contributed by atoms with Crippen molar-refractivity contribution < 1.29 is 37.6 Å². The molecule has 0 spiro atoms. The molecule has 3 amide bonds. The lowest BCUT2D eigenvalue weighted by Crippen LogP contribution is -2.83. The second-order valence-electron chi connectivity index (χ2n) is 6.06. The van der Waals surface area contributed by atoms with E-state index in [1.165, 1.54) is 26.2 Å². The van der Waals surface area contributed by atoms with Crippen molar-refractivity contribution in [2.45, 2.75) is 12.3 Å². The summed E-state index contributed by atoms with van der Waals surface area (Å²) in [6, 6.07) is 5.34. The third kappa shape index (κ3) is 4.58. The first-order valence-electron chi connectivity index (χ1n) is 8.10. The number of urea groups is 1. The minimum atomic E-state index is -4.51. The second kappa shape index (κ2) is 8.26. The average Bonchev–Trinajstić information content (AvgIpc) is 2.66. The van der Waals surface area contributed by atoms with Crippen molar-refractivity contribution in [3.63, 3.8) is 0 Å². The summed E-state index contributed by atoms with van der Waals surface area (Å²) in [5, 5.41) is 19.2. The predicted molar refractivity (Wildman–Crippen MR) is 88.8 cm³/mol. The Labute approximate surface area is 158 Å². The number of rotatable bonds is 5. The maximum atomic E-state index is 12.7. The maximum Gasteiger partial charge on any atom is 0.417 e. The molecule has 1 heterocycles. The number of hydrogen-bond donors (Lipinski definition) is 2. The number of ether oxygens (including phenoxy) is 1. The van der Waals surface area contributed by atoms with Crippen molar-refractivity contribution >= 4 is 17.8 Å². The van der Waals surface area contributed by atoms with Crippen LogP contribution in [0.4, 0.5) is 18.0 Å². The summed E-state index contributed by atoms with van der Waals surface area (Å²) >= 11 is 0. The Balaban J connectivity index is 2.03. The highest BCUT2D eigenvalue weighted by Crippen LogP contribution is 2.31. The Bertz CT molecular complexity index is 834. The van der Waals surface area contributed by atoms with Gasteiger partial charge in [-0.2, -0.15) is 23.3 Å². The zero-order valence-electron chi connectivity index (χ0n) is 15.0. The van der Waals surface area contributed by atoms with Gasteiger partial charge in [0.25, 0.3) is 11.7 Å². The van der Waals surface area contributed by atoms with E-state index in [1.807, 2.05) is 0 Å². The van der Waals surface area contributed by atoms with E-state index < -0.39 is 35.7 Å². The number of amidine groups is 1. The van der Waals surface area contributed by atoms with Crippen LogP contribution in [0, 0.1) is 17.2 Å². The van der Waals surface area contributed by atoms with E-state index in [-0.39, 0.29) is 24.7 Å². The number of nitrogens with zero attached hydrogens (tertiary/aromatic N) is 3. The number of aliphatic hydroxyl groups is 1. The van der Waals surface area contributed by atoms with E-state index in [2.05, 4.69) is 4.99 Å². The second-order valence-corrected chi connectivity index (χ2v) is 6.06. The van der Waals surface area contributed by atoms with E-state index >= 15 is 0 Å². The zero-order valence-corrected chi connectivity index (χ0v) is 15.0. The summed E-state index contributed by atoms with van der Waals surface area (Å²) in [6.45, 7) is -0.536. The zero-order chi connectivity index (χ0) is 21.1. The van der Waals surface area contributed by atoms with Crippen molar-refractivity contribution in [3.05, 3.63) is 29.8 Å². The molecule has 2 atom stereocenters. The molecule has 0 aliphatic carbocycles. The fraction of sp³-hybridized carbons (Fsp3) is 0.412. The fourth-order valence-corrected chi connectivity index (χ4v) is 2.50. The summed E-state index contributed by atoms with van der Waals surface area (Å²) in [5.74, 6) is -2.01. The summed E-state index contributed by atoms with van der Waals surface area (Å²) in [5.41, 5.74) is -0.880. The molecular formula is C17H18F3N4O4+. The Kier molecular flexibility index (Phi) is 6.25. The predicted octanol–water partition coefficient (Wildman–Crippen LogP) is -0.412. The highest BCUT2D eigenvalue weighted by Gasteiger charge is 2.46. The van der Waals surface area contributed by atoms with Gasteiger partial charge >= 0.3 is 12.2 Å². The summed E-state index contributed by atoms with van der Waals surface area (Å²) in [7, 11) is 2.61. The SMILES string of the molecule is CN1C(=O)C(C#N)C(=[NH+]CC(O)COc2cccc(C(F)(F)F)c2)N(C)C1=O. The number of nitriles is 1. The molecule has 0 aromatic heterocycles. The molecule has 0 radical (unpaired) electrons. The lowest BCUT2D eigenvalue weighted by molar-refractivity contribution is -0.476. The summed E-state index contributed by atoms with van der Waals surface area (Å²) < 4.78 is 43.2. The molecule has 0 bridgehead atoms. The number of aliphatic hydroxyl groups excluding tert-OH is 1. The van der Waals surface area contributed by atoms with Crippen LogP contribution < -0.4 is 9.73 Å². The minimum absolute atomic E-state index is 0.00807. The monoisotopic (exact) mass is 399 g/mol. The maximum absolute atomic E-state index is 12.7. The van der Waals surface area contributed by atoms with Crippen LogP contribution in [0.3, 0.4) is 0 Å². The number of hydrogen-bond acceptors (Lipinski definition) is 5. The van der Waals surface area contributed by atoms with Crippen LogP contribution in [0.1, 0.15) is 5.56 Å². The van der Waals surface area contributed by atoms with E-state index in [0.29, 0.717) is 0 Å². The molecule has 8 nitrogen and oxygen atoms in total. The summed E-state index contributed by atoms with van der Waals surface area (Å²) in [4.78, 5) is 28.5. The Morgan fingerprint density at radius 3 is 2.61 bits per heavy atom. The molecule has 2 rings (SSSR count). The van der Waals surface area contributed by atoms with Crippen molar-refractivity contribution in [1.29, 1.82) is 5.26 Å². The van der Waals surface area contributed by atoms with E-state index in [9.17, 15) is 33.1 Å². The van der Waals surface area contributed by atoms with Gasteiger partial charge in [-0.1, -0.05) is 6.07 Å². The molecule has 11 heteroatoms. The van der Waals surface area contributed by atoms with Gasteiger partial charge in [-0.05, 0) is 18.2 Å². The van der Waals surface area contributed by atoms with Crippen molar-refractivity contribution in [2.24, 2.45) is 5.92 Å². The van der Waals surface area contributed by atoms with Gasteiger partial charge < -0.3 is 9.84 Å². The van der Waals surface area contributed by atoms with Gasteiger partial charge in [-0.25, -0.2) is 9.69 Å². The number of benzene rings is 1. The number of carbonyl (C=O) groups is 2.